The van der Waals surface area contributed by atoms with Crippen LogP contribution in [0.25, 0.3) is 10.6 Å². The second-order valence-corrected chi connectivity index (χ2v) is 5.51. The number of pyridine rings is 1. The number of aromatic nitrogens is 2. The van der Waals surface area contributed by atoms with E-state index in [1.165, 1.54) is 24.2 Å². The minimum Gasteiger partial charge on any atom is -0.474 e. The molecule has 2 aromatic heterocycles. The Labute approximate surface area is 110 Å². The van der Waals surface area contributed by atoms with Gasteiger partial charge in [-0.15, -0.1) is 0 Å². The van der Waals surface area contributed by atoms with E-state index in [0.717, 1.165) is 23.4 Å². The first-order valence-electron chi connectivity index (χ1n) is 6.16. The molecule has 1 aliphatic rings. The molecule has 1 aliphatic carbocycles. The minimum atomic E-state index is 0.333. The van der Waals surface area contributed by atoms with Crippen molar-refractivity contribution in [3.63, 3.8) is 0 Å². The average molecular weight is 261 g/mol. The van der Waals surface area contributed by atoms with Crippen molar-refractivity contribution >= 4 is 16.5 Å². The maximum atomic E-state index is 5.89. The predicted octanol–water partition coefficient (Wildman–Crippen LogP) is 3.11. The summed E-state index contributed by atoms with van der Waals surface area (Å²) in [4.78, 5) is 9.53. The number of nitrogen functional groups attached to an aromatic ring is 1. The summed E-state index contributed by atoms with van der Waals surface area (Å²) >= 11 is 1.44. The number of thiazole rings is 1. The van der Waals surface area contributed by atoms with E-state index in [0.29, 0.717) is 17.1 Å². The van der Waals surface area contributed by atoms with E-state index in [1.807, 2.05) is 18.2 Å². The molecule has 2 aromatic rings. The summed E-state index contributed by atoms with van der Waals surface area (Å²) in [5.41, 5.74) is 6.51. The van der Waals surface area contributed by atoms with Crippen LogP contribution in [0.15, 0.2) is 24.4 Å². The summed E-state index contributed by atoms with van der Waals surface area (Å²) in [5, 5.41) is 0.564. The second-order valence-electron chi connectivity index (χ2n) is 4.45. The highest BCUT2D eigenvalue weighted by Crippen LogP contribution is 2.28. The fraction of sp³-hybridized carbons (Fsp3) is 0.385. The Morgan fingerprint density at radius 2 is 2.11 bits per heavy atom. The van der Waals surface area contributed by atoms with Gasteiger partial charge in [-0.05, 0) is 31.7 Å². The number of hydrogen-bond donors (Lipinski definition) is 1. The lowest BCUT2D eigenvalue weighted by molar-refractivity contribution is 0.201. The molecule has 1 saturated carbocycles. The van der Waals surface area contributed by atoms with Crippen LogP contribution >= 0.6 is 11.3 Å². The van der Waals surface area contributed by atoms with Crippen LogP contribution in [0.5, 0.6) is 5.88 Å². The number of rotatable bonds is 3. The Kier molecular flexibility index (Phi) is 3.15. The number of nitrogens with zero attached hydrogens (tertiary/aromatic N) is 2. The molecule has 0 saturated heterocycles. The van der Waals surface area contributed by atoms with Crippen molar-refractivity contribution in [1.29, 1.82) is 0 Å². The standard InChI is InChI=1S/C13H15N3OS/c14-13-15-8-11(18-13)10-6-3-7-12(16-10)17-9-4-1-2-5-9/h3,6-9H,1-2,4-5H2,(H2,14,15). The van der Waals surface area contributed by atoms with Crippen LogP contribution in [-0.2, 0) is 0 Å². The van der Waals surface area contributed by atoms with Crippen molar-refractivity contribution in [3.8, 4) is 16.5 Å². The maximum Gasteiger partial charge on any atom is 0.214 e. The summed E-state index contributed by atoms with van der Waals surface area (Å²) in [6.07, 6.45) is 6.88. The van der Waals surface area contributed by atoms with Gasteiger partial charge in [-0.2, -0.15) is 0 Å². The lowest BCUT2D eigenvalue weighted by Crippen LogP contribution is -2.11. The van der Waals surface area contributed by atoms with Gasteiger partial charge < -0.3 is 10.5 Å². The zero-order valence-electron chi connectivity index (χ0n) is 10.0. The van der Waals surface area contributed by atoms with Crippen molar-refractivity contribution in [2.24, 2.45) is 0 Å². The third-order valence-corrected chi connectivity index (χ3v) is 3.94. The van der Waals surface area contributed by atoms with E-state index in [4.69, 9.17) is 10.5 Å². The average Bonchev–Trinajstić information content (AvgIpc) is 3.01. The first kappa shape index (κ1) is 11.5. The number of nitrogens with two attached hydrogens (primary N) is 1. The van der Waals surface area contributed by atoms with E-state index in [1.54, 1.807) is 6.20 Å². The fourth-order valence-electron chi connectivity index (χ4n) is 2.20. The lowest BCUT2D eigenvalue weighted by Gasteiger charge is -2.12. The molecule has 0 aliphatic heterocycles. The zero-order chi connectivity index (χ0) is 12.4. The van der Waals surface area contributed by atoms with Crippen molar-refractivity contribution in [2.45, 2.75) is 31.8 Å². The van der Waals surface area contributed by atoms with Crippen LogP contribution in [0.4, 0.5) is 5.13 Å². The third kappa shape index (κ3) is 2.46. The third-order valence-electron chi connectivity index (χ3n) is 3.09. The highest BCUT2D eigenvalue weighted by Gasteiger charge is 2.17. The number of ether oxygens (including phenoxy) is 1. The highest BCUT2D eigenvalue weighted by atomic mass is 32.1. The summed E-state index contributed by atoms with van der Waals surface area (Å²) in [6.45, 7) is 0. The molecule has 0 bridgehead atoms. The Morgan fingerprint density at radius 1 is 1.28 bits per heavy atom. The van der Waals surface area contributed by atoms with E-state index in [9.17, 15) is 0 Å². The molecular formula is C13H15N3OS. The van der Waals surface area contributed by atoms with Gasteiger partial charge in [0.2, 0.25) is 5.88 Å². The molecule has 5 heteroatoms. The quantitative estimate of drug-likeness (QED) is 0.922. The normalized spacial score (nSPS) is 16.0. The first-order chi connectivity index (χ1) is 8.81. The number of anilines is 1. The molecule has 0 spiro atoms. The molecule has 1 fully saturated rings. The highest BCUT2D eigenvalue weighted by molar-refractivity contribution is 7.18. The van der Waals surface area contributed by atoms with Crippen LogP contribution in [0.1, 0.15) is 25.7 Å². The Hall–Kier alpha value is -1.62. The number of hydrogen-bond acceptors (Lipinski definition) is 5. The van der Waals surface area contributed by atoms with E-state index in [-0.39, 0.29) is 0 Å². The molecule has 94 valence electrons. The SMILES string of the molecule is Nc1ncc(-c2cccc(OC3CCCC3)n2)s1. The van der Waals surface area contributed by atoms with Gasteiger partial charge in [-0.3, -0.25) is 0 Å². The second kappa shape index (κ2) is 4.94. The van der Waals surface area contributed by atoms with Gasteiger partial charge in [0, 0.05) is 12.3 Å². The van der Waals surface area contributed by atoms with Gasteiger partial charge in [0.25, 0.3) is 0 Å². The van der Waals surface area contributed by atoms with Crippen LogP contribution in [-0.4, -0.2) is 16.1 Å². The van der Waals surface area contributed by atoms with Crippen LogP contribution < -0.4 is 10.5 Å². The summed E-state index contributed by atoms with van der Waals surface area (Å²) < 4.78 is 5.89. The topological polar surface area (TPSA) is 61.0 Å². The molecule has 2 heterocycles. The Morgan fingerprint density at radius 3 is 2.83 bits per heavy atom. The molecule has 3 rings (SSSR count). The van der Waals surface area contributed by atoms with Crippen LogP contribution in [0.2, 0.25) is 0 Å². The summed E-state index contributed by atoms with van der Waals surface area (Å²) in [5.74, 6) is 0.700. The van der Waals surface area contributed by atoms with E-state index in [2.05, 4.69) is 9.97 Å². The van der Waals surface area contributed by atoms with Gasteiger partial charge in [0.15, 0.2) is 5.13 Å². The van der Waals surface area contributed by atoms with Crippen molar-refractivity contribution < 1.29 is 4.74 Å². The zero-order valence-corrected chi connectivity index (χ0v) is 10.8. The minimum absolute atomic E-state index is 0.333. The summed E-state index contributed by atoms with van der Waals surface area (Å²) in [6, 6.07) is 5.82. The van der Waals surface area contributed by atoms with E-state index < -0.39 is 0 Å². The molecular weight excluding hydrogens is 246 g/mol. The molecule has 0 atom stereocenters. The molecule has 4 nitrogen and oxygen atoms in total. The molecule has 0 radical (unpaired) electrons. The molecule has 2 N–H and O–H groups in total. The molecule has 0 amide bonds. The van der Waals surface area contributed by atoms with Crippen molar-refractivity contribution in [1.82, 2.24) is 9.97 Å². The summed E-state index contributed by atoms with van der Waals surface area (Å²) in [7, 11) is 0. The Bertz CT molecular complexity index is 535. The smallest absolute Gasteiger partial charge is 0.214 e. The largest absolute Gasteiger partial charge is 0.474 e. The maximum absolute atomic E-state index is 5.89. The van der Waals surface area contributed by atoms with E-state index >= 15 is 0 Å². The van der Waals surface area contributed by atoms with Crippen LogP contribution in [0, 0.1) is 0 Å². The molecule has 18 heavy (non-hydrogen) atoms. The van der Waals surface area contributed by atoms with Crippen molar-refractivity contribution in [2.75, 3.05) is 5.73 Å². The van der Waals surface area contributed by atoms with Crippen molar-refractivity contribution in [3.05, 3.63) is 24.4 Å². The first-order valence-corrected chi connectivity index (χ1v) is 6.98. The van der Waals surface area contributed by atoms with Gasteiger partial charge in [0.1, 0.15) is 6.10 Å². The molecule has 0 aromatic carbocycles. The van der Waals surface area contributed by atoms with Gasteiger partial charge in [-0.25, -0.2) is 9.97 Å². The fourth-order valence-corrected chi connectivity index (χ4v) is 2.86. The van der Waals surface area contributed by atoms with Gasteiger partial charge in [-0.1, -0.05) is 17.4 Å². The lowest BCUT2D eigenvalue weighted by atomic mass is 10.3. The molecule has 0 unspecified atom stereocenters. The monoisotopic (exact) mass is 261 g/mol. The predicted molar refractivity (Wildman–Crippen MR) is 72.6 cm³/mol. The van der Waals surface area contributed by atoms with Gasteiger partial charge >= 0.3 is 0 Å². The van der Waals surface area contributed by atoms with Gasteiger partial charge in [0.05, 0.1) is 10.6 Å². The Balaban J connectivity index is 1.80. The van der Waals surface area contributed by atoms with Crippen LogP contribution in [0.3, 0.4) is 0 Å².